The van der Waals surface area contributed by atoms with Crippen LogP contribution in [0.25, 0.3) is 11.1 Å². The lowest BCUT2D eigenvalue weighted by molar-refractivity contribution is -0.385. The second-order valence-corrected chi connectivity index (χ2v) is 5.47. The molecular weight excluding hydrogens is 344 g/mol. The Balaban J connectivity index is 1.93. The van der Waals surface area contributed by atoms with Crippen LogP contribution in [-0.4, -0.2) is 10.0 Å². The summed E-state index contributed by atoms with van der Waals surface area (Å²) in [5.74, 6) is -1.08. The van der Waals surface area contributed by atoms with Crippen molar-refractivity contribution in [2.75, 3.05) is 0 Å². The van der Waals surface area contributed by atoms with Crippen LogP contribution in [0.15, 0.2) is 60.7 Å². The van der Waals surface area contributed by atoms with Crippen molar-refractivity contribution in [3.05, 3.63) is 88.0 Å². The van der Waals surface area contributed by atoms with E-state index >= 15 is 0 Å². The summed E-state index contributed by atoms with van der Waals surface area (Å²) in [5, 5.41) is 20.3. The topological polar surface area (TPSA) is 72.6 Å². The Bertz CT molecular complexity index is 958. The zero-order chi connectivity index (χ0) is 18.7. The number of aliphatic hydroxyl groups is 1. The third kappa shape index (κ3) is 3.68. The summed E-state index contributed by atoms with van der Waals surface area (Å²) in [4.78, 5) is 10.5. The number of benzene rings is 3. The summed E-state index contributed by atoms with van der Waals surface area (Å²) >= 11 is 0. The molecular formula is C19H13F2NO4. The number of ether oxygens (including phenoxy) is 1. The van der Waals surface area contributed by atoms with Gasteiger partial charge in [0.1, 0.15) is 17.4 Å². The molecule has 0 aliphatic rings. The van der Waals surface area contributed by atoms with Gasteiger partial charge < -0.3 is 9.84 Å². The Labute approximate surface area is 147 Å². The van der Waals surface area contributed by atoms with E-state index in [0.717, 1.165) is 6.07 Å². The summed E-state index contributed by atoms with van der Waals surface area (Å²) in [7, 11) is 0. The van der Waals surface area contributed by atoms with Crippen LogP contribution in [0.5, 0.6) is 11.5 Å². The second-order valence-electron chi connectivity index (χ2n) is 5.47. The fraction of sp³-hybridized carbons (Fsp3) is 0.0526. The van der Waals surface area contributed by atoms with E-state index < -0.39 is 16.6 Å². The first-order valence-corrected chi connectivity index (χ1v) is 7.59. The van der Waals surface area contributed by atoms with E-state index in [4.69, 9.17) is 4.74 Å². The minimum absolute atomic E-state index is 0.0616. The normalized spacial score (nSPS) is 10.6. The number of halogens is 2. The molecule has 0 heterocycles. The van der Waals surface area contributed by atoms with Crippen molar-refractivity contribution in [1.29, 1.82) is 0 Å². The van der Waals surface area contributed by atoms with Gasteiger partial charge in [-0.2, -0.15) is 0 Å². The summed E-state index contributed by atoms with van der Waals surface area (Å²) in [6.45, 7) is -0.313. The van der Waals surface area contributed by atoms with Crippen LogP contribution < -0.4 is 4.74 Å². The van der Waals surface area contributed by atoms with E-state index in [9.17, 15) is 24.0 Å². The zero-order valence-electron chi connectivity index (χ0n) is 13.4. The molecule has 0 atom stereocenters. The zero-order valence-corrected chi connectivity index (χ0v) is 13.4. The standard InChI is InChI=1S/C19H13F2NO4/c20-14-4-2-13(3-5-14)16-7-6-15(10-17(16)21)26-19-9-12(11-23)1-8-18(19)22(24)25/h1-10,23H,11H2. The summed E-state index contributed by atoms with van der Waals surface area (Å²) in [5.41, 5.74) is 0.860. The molecule has 3 rings (SSSR count). The van der Waals surface area contributed by atoms with Crippen molar-refractivity contribution >= 4 is 5.69 Å². The molecule has 5 nitrogen and oxygen atoms in total. The SMILES string of the molecule is O=[N+]([O-])c1ccc(CO)cc1Oc1ccc(-c2ccc(F)cc2)c(F)c1. The van der Waals surface area contributed by atoms with Crippen LogP contribution in [0.2, 0.25) is 0 Å². The first-order chi connectivity index (χ1) is 12.5. The van der Waals surface area contributed by atoms with Gasteiger partial charge in [0, 0.05) is 17.7 Å². The third-order valence-electron chi connectivity index (χ3n) is 3.73. The molecule has 0 bridgehead atoms. The number of hydrogen-bond acceptors (Lipinski definition) is 4. The monoisotopic (exact) mass is 357 g/mol. The molecule has 3 aromatic carbocycles. The first kappa shape index (κ1) is 17.5. The quantitative estimate of drug-likeness (QED) is 0.525. The van der Waals surface area contributed by atoms with Crippen molar-refractivity contribution < 1.29 is 23.5 Å². The predicted octanol–water partition coefficient (Wildman–Crippen LogP) is 4.82. The largest absolute Gasteiger partial charge is 0.450 e. The smallest absolute Gasteiger partial charge is 0.311 e. The Morgan fingerprint density at radius 2 is 1.73 bits per heavy atom. The molecule has 0 amide bonds. The molecule has 0 saturated heterocycles. The molecule has 0 spiro atoms. The Morgan fingerprint density at radius 3 is 2.35 bits per heavy atom. The molecule has 3 aromatic rings. The Morgan fingerprint density at radius 1 is 1.00 bits per heavy atom. The van der Waals surface area contributed by atoms with Gasteiger partial charge in [0.25, 0.3) is 0 Å². The van der Waals surface area contributed by atoms with E-state index in [1.165, 1.54) is 54.6 Å². The van der Waals surface area contributed by atoms with E-state index in [2.05, 4.69) is 0 Å². The molecule has 7 heteroatoms. The van der Waals surface area contributed by atoms with Crippen LogP contribution in [0.4, 0.5) is 14.5 Å². The number of hydrogen-bond donors (Lipinski definition) is 1. The fourth-order valence-electron chi connectivity index (χ4n) is 2.44. The lowest BCUT2D eigenvalue weighted by atomic mass is 10.0. The number of nitro benzene ring substituents is 1. The minimum Gasteiger partial charge on any atom is -0.450 e. The van der Waals surface area contributed by atoms with Gasteiger partial charge in [-0.25, -0.2) is 8.78 Å². The summed E-state index contributed by atoms with van der Waals surface area (Å²) < 4.78 is 32.8. The molecule has 0 unspecified atom stereocenters. The first-order valence-electron chi connectivity index (χ1n) is 7.59. The Kier molecular flexibility index (Phi) is 4.90. The molecule has 0 fully saturated rings. The maximum absolute atomic E-state index is 14.4. The van der Waals surface area contributed by atoms with Crippen LogP contribution >= 0.6 is 0 Å². The minimum atomic E-state index is -0.625. The van der Waals surface area contributed by atoms with Gasteiger partial charge in [-0.3, -0.25) is 10.1 Å². The van der Waals surface area contributed by atoms with Gasteiger partial charge in [0.05, 0.1) is 11.5 Å². The maximum Gasteiger partial charge on any atom is 0.311 e. The number of aliphatic hydroxyl groups excluding tert-OH is 1. The highest BCUT2D eigenvalue weighted by atomic mass is 19.1. The van der Waals surface area contributed by atoms with E-state index in [1.54, 1.807) is 0 Å². The molecule has 26 heavy (non-hydrogen) atoms. The van der Waals surface area contributed by atoms with Gasteiger partial charge in [-0.1, -0.05) is 12.1 Å². The van der Waals surface area contributed by atoms with Gasteiger partial charge in [0.15, 0.2) is 0 Å². The van der Waals surface area contributed by atoms with Crippen molar-refractivity contribution in [2.45, 2.75) is 6.61 Å². The van der Waals surface area contributed by atoms with Gasteiger partial charge in [-0.05, 0) is 47.5 Å². The van der Waals surface area contributed by atoms with Gasteiger partial charge in [-0.15, -0.1) is 0 Å². The van der Waals surface area contributed by atoms with E-state index in [-0.39, 0.29) is 29.4 Å². The van der Waals surface area contributed by atoms with Crippen molar-refractivity contribution in [3.63, 3.8) is 0 Å². The molecule has 0 radical (unpaired) electrons. The average Bonchev–Trinajstić information content (AvgIpc) is 2.62. The Hall–Kier alpha value is -3.32. The van der Waals surface area contributed by atoms with E-state index in [0.29, 0.717) is 11.1 Å². The van der Waals surface area contributed by atoms with Crippen molar-refractivity contribution in [2.24, 2.45) is 0 Å². The van der Waals surface area contributed by atoms with Gasteiger partial charge >= 0.3 is 5.69 Å². The molecule has 1 N–H and O–H groups in total. The molecule has 132 valence electrons. The van der Waals surface area contributed by atoms with Crippen LogP contribution in [-0.2, 0) is 6.61 Å². The predicted molar refractivity (Wildman–Crippen MR) is 90.9 cm³/mol. The van der Waals surface area contributed by atoms with Crippen LogP contribution in [0.3, 0.4) is 0 Å². The highest BCUT2D eigenvalue weighted by Gasteiger charge is 2.17. The molecule has 0 aromatic heterocycles. The number of nitro groups is 1. The lowest BCUT2D eigenvalue weighted by Crippen LogP contribution is -1.96. The van der Waals surface area contributed by atoms with Gasteiger partial charge in [0.2, 0.25) is 5.75 Å². The molecule has 0 aliphatic carbocycles. The average molecular weight is 357 g/mol. The maximum atomic E-state index is 14.4. The number of rotatable bonds is 5. The van der Waals surface area contributed by atoms with Crippen LogP contribution in [0.1, 0.15) is 5.56 Å². The van der Waals surface area contributed by atoms with Crippen molar-refractivity contribution in [3.8, 4) is 22.6 Å². The highest BCUT2D eigenvalue weighted by Crippen LogP contribution is 2.34. The van der Waals surface area contributed by atoms with Crippen LogP contribution in [0, 0.1) is 21.7 Å². The molecule has 0 aliphatic heterocycles. The number of nitrogens with zero attached hydrogens (tertiary/aromatic N) is 1. The lowest BCUT2D eigenvalue weighted by Gasteiger charge is -2.10. The summed E-state index contributed by atoms with van der Waals surface area (Å²) in [6, 6.07) is 13.3. The third-order valence-corrected chi connectivity index (χ3v) is 3.73. The molecule has 0 saturated carbocycles. The fourth-order valence-corrected chi connectivity index (χ4v) is 2.44. The second kappa shape index (κ2) is 7.28. The van der Waals surface area contributed by atoms with Crippen molar-refractivity contribution in [1.82, 2.24) is 0 Å². The van der Waals surface area contributed by atoms with E-state index in [1.807, 2.05) is 0 Å². The summed E-state index contributed by atoms with van der Waals surface area (Å²) in [6.07, 6.45) is 0. The highest BCUT2D eigenvalue weighted by molar-refractivity contribution is 5.65.